The van der Waals surface area contributed by atoms with Crippen molar-refractivity contribution in [1.29, 1.82) is 0 Å². The van der Waals surface area contributed by atoms with Crippen LogP contribution >= 0.6 is 0 Å². The third-order valence-corrected chi connectivity index (χ3v) is 3.87. The summed E-state index contributed by atoms with van der Waals surface area (Å²) < 4.78 is 16.5. The van der Waals surface area contributed by atoms with Crippen LogP contribution < -0.4 is 15.2 Å². The number of ether oxygens (including phenoxy) is 3. The first-order valence-corrected chi connectivity index (χ1v) is 7.40. The van der Waals surface area contributed by atoms with E-state index in [1.165, 1.54) is 0 Å². The number of benzene rings is 1. The molecule has 5 heteroatoms. The predicted molar refractivity (Wildman–Crippen MR) is 82.9 cm³/mol. The van der Waals surface area contributed by atoms with Crippen LogP contribution in [0.4, 0.5) is 0 Å². The van der Waals surface area contributed by atoms with Crippen molar-refractivity contribution < 1.29 is 14.2 Å². The minimum atomic E-state index is 0.141. The van der Waals surface area contributed by atoms with Gasteiger partial charge in [0.15, 0.2) is 0 Å². The Bertz CT molecular complexity index is 435. The van der Waals surface area contributed by atoms with Gasteiger partial charge in [0.25, 0.3) is 0 Å². The molecule has 0 saturated carbocycles. The fourth-order valence-electron chi connectivity index (χ4n) is 2.99. The number of methoxy groups -OCH3 is 2. The van der Waals surface area contributed by atoms with Gasteiger partial charge in [0.2, 0.25) is 0 Å². The van der Waals surface area contributed by atoms with Crippen LogP contribution in [0.25, 0.3) is 0 Å². The average molecular weight is 294 g/mol. The molecule has 3 unspecified atom stereocenters. The summed E-state index contributed by atoms with van der Waals surface area (Å²) in [6.45, 7) is 6.51. The van der Waals surface area contributed by atoms with Gasteiger partial charge in [0.05, 0.1) is 26.4 Å². The summed E-state index contributed by atoms with van der Waals surface area (Å²) in [4.78, 5) is 2.38. The fraction of sp³-hybridized carbons (Fsp3) is 0.625. The van der Waals surface area contributed by atoms with Crippen molar-refractivity contribution in [1.82, 2.24) is 4.90 Å². The normalized spacial score (nSPS) is 24.6. The molecule has 0 spiro atoms. The van der Waals surface area contributed by atoms with Gasteiger partial charge in [-0.2, -0.15) is 0 Å². The summed E-state index contributed by atoms with van der Waals surface area (Å²) in [6, 6.07) is 6.08. The van der Waals surface area contributed by atoms with E-state index in [1.54, 1.807) is 14.2 Å². The van der Waals surface area contributed by atoms with Crippen molar-refractivity contribution >= 4 is 0 Å². The third kappa shape index (κ3) is 3.87. The smallest absolute Gasteiger partial charge is 0.122 e. The van der Waals surface area contributed by atoms with Gasteiger partial charge in [-0.3, -0.25) is 4.90 Å². The molecule has 1 saturated heterocycles. The van der Waals surface area contributed by atoms with Gasteiger partial charge in [-0.1, -0.05) is 0 Å². The summed E-state index contributed by atoms with van der Waals surface area (Å²) in [6.07, 6.45) is 0.436. The third-order valence-electron chi connectivity index (χ3n) is 3.87. The largest absolute Gasteiger partial charge is 0.497 e. The van der Waals surface area contributed by atoms with Gasteiger partial charge < -0.3 is 19.9 Å². The molecule has 5 nitrogen and oxygen atoms in total. The van der Waals surface area contributed by atoms with Gasteiger partial charge in [0.1, 0.15) is 11.5 Å². The lowest BCUT2D eigenvalue weighted by atomic mass is 10.0. The summed E-state index contributed by atoms with van der Waals surface area (Å²) in [5, 5.41) is 0. The number of hydrogen-bond donors (Lipinski definition) is 1. The minimum absolute atomic E-state index is 0.141. The molecule has 2 N–H and O–H groups in total. The maximum Gasteiger partial charge on any atom is 0.122 e. The molecule has 0 aromatic heterocycles. The lowest BCUT2D eigenvalue weighted by Crippen LogP contribution is -2.48. The molecule has 1 aliphatic rings. The second-order valence-corrected chi connectivity index (χ2v) is 5.61. The van der Waals surface area contributed by atoms with Crippen LogP contribution in [-0.4, -0.2) is 51.0 Å². The van der Waals surface area contributed by atoms with Crippen molar-refractivity contribution in [3.05, 3.63) is 23.8 Å². The zero-order valence-electron chi connectivity index (χ0n) is 13.3. The van der Waals surface area contributed by atoms with Gasteiger partial charge >= 0.3 is 0 Å². The van der Waals surface area contributed by atoms with Crippen molar-refractivity contribution in [3.8, 4) is 11.5 Å². The maximum atomic E-state index is 6.05. The molecule has 1 heterocycles. The first kappa shape index (κ1) is 16.1. The Morgan fingerprint density at radius 1 is 1.14 bits per heavy atom. The van der Waals surface area contributed by atoms with Gasteiger partial charge in [-0.25, -0.2) is 0 Å². The molecule has 0 amide bonds. The quantitative estimate of drug-likeness (QED) is 0.897. The molecule has 118 valence electrons. The van der Waals surface area contributed by atoms with Gasteiger partial charge in [-0.05, 0) is 31.5 Å². The van der Waals surface area contributed by atoms with Crippen LogP contribution in [0.1, 0.15) is 25.5 Å². The zero-order chi connectivity index (χ0) is 15.4. The van der Waals surface area contributed by atoms with E-state index in [2.05, 4.69) is 18.7 Å². The summed E-state index contributed by atoms with van der Waals surface area (Å²) >= 11 is 0. The van der Waals surface area contributed by atoms with E-state index in [1.807, 2.05) is 18.2 Å². The van der Waals surface area contributed by atoms with E-state index in [0.717, 1.165) is 30.2 Å². The first-order valence-electron chi connectivity index (χ1n) is 7.40. The van der Waals surface area contributed by atoms with E-state index in [4.69, 9.17) is 19.9 Å². The second kappa shape index (κ2) is 7.11. The Balaban J connectivity index is 2.27. The Hall–Kier alpha value is -1.30. The Labute approximate surface area is 127 Å². The lowest BCUT2D eigenvalue weighted by molar-refractivity contribution is -0.0799. The highest BCUT2D eigenvalue weighted by Gasteiger charge is 2.28. The fourth-order valence-corrected chi connectivity index (χ4v) is 2.99. The molecule has 0 radical (unpaired) electrons. The first-order chi connectivity index (χ1) is 10.1. The van der Waals surface area contributed by atoms with Crippen LogP contribution in [0, 0.1) is 0 Å². The Morgan fingerprint density at radius 2 is 1.67 bits per heavy atom. The second-order valence-electron chi connectivity index (χ2n) is 5.61. The Kier molecular flexibility index (Phi) is 5.45. The lowest BCUT2D eigenvalue weighted by Gasteiger charge is -2.40. The monoisotopic (exact) mass is 294 g/mol. The molecule has 1 aromatic carbocycles. The molecular formula is C16H26N2O3. The van der Waals surface area contributed by atoms with E-state index in [-0.39, 0.29) is 18.2 Å². The highest BCUT2D eigenvalue weighted by molar-refractivity contribution is 5.40. The molecule has 0 aliphatic carbocycles. The number of rotatable bonds is 5. The predicted octanol–water partition coefficient (Wildman–Crippen LogP) is 1.81. The molecular weight excluding hydrogens is 268 g/mol. The summed E-state index contributed by atoms with van der Waals surface area (Å²) in [7, 11) is 3.32. The van der Waals surface area contributed by atoms with Crippen molar-refractivity contribution in [3.63, 3.8) is 0 Å². The molecule has 3 atom stereocenters. The zero-order valence-corrected chi connectivity index (χ0v) is 13.3. The summed E-state index contributed by atoms with van der Waals surface area (Å²) in [5.74, 6) is 1.58. The van der Waals surface area contributed by atoms with E-state index in [0.29, 0.717) is 6.54 Å². The number of hydrogen-bond acceptors (Lipinski definition) is 5. The molecule has 0 bridgehead atoms. The number of nitrogens with two attached hydrogens (primary N) is 1. The molecule has 1 aliphatic heterocycles. The van der Waals surface area contributed by atoms with Crippen LogP contribution in [0.2, 0.25) is 0 Å². The standard InChI is InChI=1S/C16H26N2O3/c1-11-9-18(10-12(2)21-11)16(8-17)13-5-14(19-3)7-15(6-13)20-4/h5-7,11-12,16H,8-10,17H2,1-4H3. The summed E-state index contributed by atoms with van der Waals surface area (Å²) in [5.41, 5.74) is 7.17. The van der Waals surface area contributed by atoms with E-state index >= 15 is 0 Å². The topological polar surface area (TPSA) is 57.0 Å². The van der Waals surface area contributed by atoms with Crippen molar-refractivity contribution in [2.45, 2.75) is 32.1 Å². The Morgan fingerprint density at radius 3 is 2.10 bits per heavy atom. The van der Waals surface area contributed by atoms with Crippen LogP contribution in [0.15, 0.2) is 18.2 Å². The van der Waals surface area contributed by atoms with E-state index in [9.17, 15) is 0 Å². The highest BCUT2D eigenvalue weighted by atomic mass is 16.5. The molecule has 21 heavy (non-hydrogen) atoms. The van der Waals surface area contributed by atoms with Crippen LogP contribution in [-0.2, 0) is 4.74 Å². The van der Waals surface area contributed by atoms with E-state index < -0.39 is 0 Å². The number of morpholine rings is 1. The molecule has 1 fully saturated rings. The van der Waals surface area contributed by atoms with Gasteiger partial charge in [-0.15, -0.1) is 0 Å². The van der Waals surface area contributed by atoms with Gasteiger partial charge in [0, 0.05) is 31.7 Å². The van der Waals surface area contributed by atoms with Crippen LogP contribution in [0.5, 0.6) is 11.5 Å². The highest BCUT2D eigenvalue weighted by Crippen LogP contribution is 2.30. The maximum absolute atomic E-state index is 6.05. The SMILES string of the molecule is COc1cc(OC)cc(C(CN)N2CC(C)OC(C)C2)c1. The van der Waals surface area contributed by atoms with Crippen LogP contribution in [0.3, 0.4) is 0 Å². The molecule has 2 rings (SSSR count). The minimum Gasteiger partial charge on any atom is -0.497 e. The van der Waals surface area contributed by atoms with Crippen molar-refractivity contribution in [2.75, 3.05) is 33.9 Å². The molecule has 1 aromatic rings. The number of nitrogens with zero attached hydrogens (tertiary/aromatic N) is 1. The average Bonchev–Trinajstić information content (AvgIpc) is 2.46. The van der Waals surface area contributed by atoms with Crippen molar-refractivity contribution in [2.24, 2.45) is 5.73 Å².